The monoisotopic (exact) mass is 141 g/mol. The summed E-state index contributed by atoms with van der Waals surface area (Å²) in [6.07, 6.45) is 1.40. The lowest BCUT2D eigenvalue weighted by atomic mass is 9.85. The van der Waals surface area contributed by atoms with Crippen LogP contribution in [-0.4, -0.2) is 24.0 Å². The smallest absolute Gasteiger partial charge is 0.0115 e. The van der Waals surface area contributed by atoms with Crippen molar-refractivity contribution in [3.63, 3.8) is 0 Å². The minimum Gasteiger partial charge on any atom is -0.300 e. The zero-order valence-electron chi connectivity index (χ0n) is 7.65. The van der Waals surface area contributed by atoms with E-state index >= 15 is 0 Å². The predicted molar refractivity (Wildman–Crippen MR) is 45.1 cm³/mol. The van der Waals surface area contributed by atoms with Crippen molar-refractivity contribution >= 4 is 0 Å². The topological polar surface area (TPSA) is 3.24 Å². The zero-order chi connectivity index (χ0) is 7.78. The highest BCUT2D eigenvalue weighted by Crippen LogP contribution is 2.26. The molecule has 1 atom stereocenters. The molecule has 1 saturated heterocycles. The summed E-state index contributed by atoms with van der Waals surface area (Å²) < 4.78 is 0. The van der Waals surface area contributed by atoms with Gasteiger partial charge < -0.3 is 4.90 Å². The fraction of sp³-hybridized carbons (Fsp3) is 1.00. The second kappa shape index (κ2) is 2.54. The molecule has 0 saturated carbocycles. The van der Waals surface area contributed by atoms with Gasteiger partial charge in [-0.25, -0.2) is 0 Å². The molecular weight excluding hydrogens is 122 g/mol. The standard InChI is InChI=1S/C9H19N/c1-8(9(2,3)4)10-6-5-7-10/h8H,5-7H2,1-4H3/t8-/m1/s1. The van der Waals surface area contributed by atoms with E-state index in [0.717, 1.165) is 6.04 Å². The van der Waals surface area contributed by atoms with E-state index in [1.807, 2.05) is 0 Å². The number of hydrogen-bond acceptors (Lipinski definition) is 1. The van der Waals surface area contributed by atoms with Crippen molar-refractivity contribution in [3.05, 3.63) is 0 Å². The van der Waals surface area contributed by atoms with Crippen LogP contribution in [0.1, 0.15) is 34.1 Å². The Morgan fingerprint density at radius 2 is 1.70 bits per heavy atom. The third kappa shape index (κ3) is 1.51. The van der Waals surface area contributed by atoms with Gasteiger partial charge in [0.15, 0.2) is 0 Å². The second-order valence-electron chi connectivity index (χ2n) is 4.43. The van der Waals surface area contributed by atoms with Gasteiger partial charge in [-0.05, 0) is 31.8 Å². The van der Waals surface area contributed by atoms with Crippen LogP contribution in [0.25, 0.3) is 0 Å². The maximum atomic E-state index is 2.56. The molecule has 0 aromatic rings. The van der Waals surface area contributed by atoms with E-state index in [4.69, 9.17) is 0 Å². The SMILES string of the molecule is C[C@@H](N1CCC1)C(C)(C)C. The molecule has 0 aliphatic carbocycles. The number of nitrogens with zero attached hydrogens (tertiary/aromatic N) is 1. The van der Waals surface area contributed by atoms with Gasteiger partial charge in [0.25, 0.3) is 0 Å². The molecule has 0 aromatic heterocycles. The molecule has 0 N–H and O–H groups in total. The summed E-state index contributed by atoms with van der Waals surface area (Å²) >= 11 is 0. The third-order valence-corrected chi connectivity index (χ3v) is 2.69. The number of hydrogen-bond donors (Lipinski definition) is 0. The van der Waals surface area contributed by atoms with Crippen molar-refractivity contribution in [2.75, 3.05) is 13.1 Å². The maximum absolute atomic E-state index is 2.56. The quantitative estimate of drug-likeness (QED) is 0.540. The summed E-state index contributed by atoms with van der Waals surface area (Å²) in [5.74, 6) is 0. The normalized spacial score (nSPS) is 24.0. The van der Waals surface area contributed by atoms with E-state index in [0.29, 0.717) is 5.41 Å². The Hall–Kier alpha value is -0.0400. The molecule has 1 nitrogen and oxygen atoms in total. The lowest BCUT2D eigenvalue weighted by Gasteiger charge is -2.43. The van der Waals surface area contributed by atoms with Crippen molar-refractivity contribution in [1.82, 2.24) is 4.90 Å². The molecule has 0 aromatic carbocycles. The Morgan fingerprint density at radius 1 is 1.20 bits per heavy atom. The lowest BCUT2D eigenvalue weighted by Crippen LogP contribution is -2.49. The van der Waals surface area contributed by atoms with Crippen LogP contribution in [-0.2, 0) is 0 Å². The molecule has 0 spiro atoms. The molecule has 0 unspecified atom stereocenters. The van der Waals surface area contributed by atoms with Crippen molar-refractivity contribution in [1.29, 1.82) is 0 Å². The highest BCUT2D eigenvalue weighted by molar-refractivity contribution is 4.83. The average Bonchev–Trinajstić information content (AvgIpc) is 1.57. The van der Waals surface area contributed by atoms with Crippen LogP contribution in [0, 0.1) is 5.41 Å². The van der Waals surface area contributed by atoms with Crippen LogP contribution in [0.3, 0.4) is 0 Å². The Balaban J connectivity index is 2.39. The van der Waals surface area contributed by atoms with Gasteiger partial charge in [0.1, 0.15) is 0 Å². The first-order valence-electron chi connectivity index (χ1n) is 4.26. The van der Waals surface area contributed by atoms with E-state index in [1.54, 1.807) is 0 Å². The van der Waals surface area contributed by atoms with E-state index in [-0.39, 0.29) is 0 Å². The highest BCUT2D eigenvalue weighted by Gasteiger charge is 2.29. The van der Waals surface area contributed by atoms with Crippen LogP contribution in [0.15, 0.2) is 0 Å². The molecule has 1 heteroatoms. The van der Waals surface area contributed by atoms with Gasteiger partial charge >= 0.3 is 0 Å². The first-order chi connectivity index (χ1) is 4.52. The van der Waals surface area contributed by atoms with Crippen molar-refractivity contribution < 1.29 is 0 Å². The molecule has 1 aliphatic rings. The zero-order valence-corrected chi connectivity index (χ0v) is 7.65. The average molecular weight is 141 g/mol. The Kier molecular flexibility index (Phi) is 2.04. The minimum absolute atomic E-state index is 0.459. The van der Waals surface area contributed by atoms with Crippen LogP contribution < -0.4 is 0 Å². The van der Waals surface area contributed by atoms with E-state index in [1.165, 1.54) is 19.5 Å². The van der Waals surface area contributed by atoms with Gasteiger partial charge in [-0.3, -0.25) is 0 Å². The first kappa shape index (κ1) is 8.06. The Morgan fingerprint density at radius 3 is 1.80 bits per heavy atom. The van der Waals surface area contributed by atoms with Gasteiger partial charge in [0, 0.05) is 6.04 Å². The van der Waals surface area contributed by atoms with Gasteiger partial charge in [-0.1, -0.05) is 20.8 Å². The molecule has 10 heavy (non-hydrogen) atoms. The Bertz CT molecular complexity index is 108. The molecule has 0 radical (unpaired) electrons. The molecule has 1 aliphatic heterocycles. The molecule has 60 valence electrons. The van der Waals surface area contributed by atoms with Crippen LogP contribution >= 0.6 is 0 Å². The van der Waals surface area contributed by atoms with Crippen molar-refractivity contribution in [3.8, 4) is 0 Å². The van der Waals surface area contributed by atoms with Gasteiger partial charge in [-0.2, -0.15) is 0 Å². The van der Waals surface area contributed by atoms with Crippen LogP contribution in [0.2, 0.25) is 0 Å². The summed E-state index contributed by atoms with van der Waals surface area (Å²) in [6, 6.07) is 0.751. The van der Waals surface area contributed by atoms with Gasteiger partial charge in [-0.15, -0.1) is 0 Å². The van der Waals surface area contributed by atoms with Gasteiger partial charge in [0.2, 0.25) is 0 Å². The third-order valence-electron chi connectivity index (χ3n) is 2.69. The number of likely N-dealkylation sites (tertiary alicyclic amines) is 1. The summed E-state index contributed by atoms with van der Waals surface area (Å²) in [7, 11) is 0. The molecule has 1 fully saturated rings. The van der Waals surface area contributed by atoms with E-state index in [2.05, 4.69) is 32.6 Å². The fourth-order valence-electron chi connectivity index (χ4n) is 1.28. The van der Waals surface area contributed by atoms with E-state index in [9.17, 15) is 0 Å². The number of rotatable bonds is 1. The minimum atomic E-state index is 0.459. The summed E-state index contributed by atoms with van der Waals surface area (Å²) in [5.41, 5.74) is 0.459. The van der Waals surface area contributed by atoms with Crippen LogP contribution in [0.4, 0.5) is 0 Å². The van der Waals surface area contributed by atoms with Crippen molar-refractivity contribution in [2.45, 2.75) is 40.2 Å². The summed E-state index contributed by atoms with van der Waals surface area (Å²) in [5, 5.41) is 0. The molecule has 1 rings (SSSR count). The lowest BCUT2D eigenvalue weighted by molar-refractivity contribution is 0.0585. The molecule has 1 heterocycles. The Labute approximate surface area is 64.4 Å². The van der Waals surface area contributed by atoms with Crippen LogP contribution in [0.5, 0.6) is 0 Å². The van der Waals surface area contributed by atoms with Crippen molar-refractivity contribution in [2.24, 2.45) is 5.41 Å². The van der Waals surface area contributed by atoms with E-state index < -0.39 is 0 Å². The summed E-state index contributed by atoms with van der Waals surface area (Å²) in [6.45, 7) is 11.9. The molecule has 0 amide bonds. The maximum Gasteiger partial charge on any atom is 0.0115 e. The summed E-state index contributed by atoms with van der Waals surface area (Å²) in [4.78, 5) is 2.56. The second-order valence-corrected chi connectivity index (χ2v) is 4.43. The molecular formula is C9H19N. The molecule has 0 bridgehead atoms. The predicted octanol–water partition coefficient (Wildman–Crippen LogP) is 2.13. The fourth-order valence-corrected chi connectivity index (χ4v) is 1.28. The largest absolute Gasteiger partial charge is 0.300 e. The van der Waals surface area contributed by atoms with Gasteiger partial charge in [0.05, 0.1) is 0 Å². The highest BCUT2D eigenvalue weighted by atomic mass is 15.2. The first-order valence-corrected chi connectivity index (χ1v) is 4.26.